The number of fused-ring (bicyclic) bond motifs is 8. The second-order valence-corrected chi connectivity index (χ2v) is 14.1. The smallest absolute Gasteiger partial charge is 0.136 e. The highest BCUT2D eigenvalue weighted by molar-refractivity contribution is 6.19. The molecule has 2 aliphatic rings. The van der Waals surface area contributed by atoms with Gasteiger partial charge in [-0.05, 0) is 99.3 Å². The van der Waals surface area contributed by atoms with Crippen LogP contribution in [0.3, 0.4) is 0 Å². The maximum absolute atomic E-state index is 6.46. The van der Waals surface area contributed by atoms with Crippen molar-refractivity contribution in [2.75, 3.05) is 4.90 Å². The van der Waals surface area contributed by atoms with Gasteiger partial charge in [-0.1, -0.05) is 140 Å². The largest absolute Gasteiger partial charge is 0.484 e. The van der Waals surface area contributed by atoms with E-state index >= 15 is 0 Å². The van der Waals surface area contributed by atoms with Crippen LogP contribution in [0.4, 0.5) is 11.4 Å². The normalized spacial score (nSPS) is 16.1. The molecule has 262 valence electrons. The molecule has 0 bridgehead atoms. The van der Waals surface area contributed by atoms with Crippen LogP contribution >= 0.6 is 0 Å². The average Bonchev–Trinajstić information content (AvgIpc) is 3.83. The molecule has 3 heteroatoms. The van der Waals surface area contributed by atoms with Crippen LogP contribution in [-0.4, -0.2) is 6.10 Å². The fourth-order valence-corrected chi connectivity index (χ4v) is 8.15. The first-order valence-electron chi connectivity index (χ1n) is 18.8. The summed E-state index contributed by atoms with van der Waals surface area (Å²) in [5.41, 5.74) is 12.3. The van der Waals surface area contributed by atoms with Gasteiger partial charge < -0.3 is 14.1 Å². The Morgan fingerprint density at radius 2 is 1.31 bits per heavy atom. The Kier molecular flexibility index (Phi) is 8.11. The molecule has 3 nitrogen and oxygen atoms in total. The number of benzene rings is 7. The van der Waals surface area contributed by atoms with Crippen molar-refractivity contribution in [3.8, 4) is 28.0 Å². The minimum Gasteiger partial charge on any atom is -0.484 e. The zero-order valence-electron chi connectivity index (χ0n) is 30.2. The van der Waals surface area contributed by atoms with Gasteiger partial charge in [0.05, 0.1) is 0 Å². The van der Waals surface area contributed by atoms with Gasteiger partial charge >= 0.3 is 0 Å². The van der Waals surface area contributed by atoms with Crippen LogP contribution in [0.2, 0.25) is 0 Å². The molecule has 2 unspecified atom stereocenters. The van der Waals surface area contributed by atoms with Crippen molar-refractivity contribution in [1.29, 1.82) is 0 Å². The molecule has 2 heterocycles. The lowest BCUT2D eigenvalue weighted by Gasteiger charge is -2.26. The molecule has 55 heavy (non-hydrogen) atoms. The van der Waals surface area contributed by atoms with Crippen LogP contribution in [0, 0.1) is 0 Å². The number of furan rings is 1. The summed E-state index contributed by atoms with van der Waals surface area (Å²) in [6, 6.07) is 54.1. The van der Waals surface area contributed by atoms with Gasteiger partial charge in [-0.15, -0.1) is 0 Å². The maximum Gasteiger partial charge on any atom is 0.136 e. The monoisotopic (exact) mass is 707 g/mol. The summed E-state index contributed by atoms with van der Waals surface area (Å²) >= 11 is 0. The van der Waals surface area contributed by atoms with E-state index in [1.54, 1.807) is 6.08 Å². The van der Waals surface area contributed by atoms with E-state index in [1.807, 2.05) is 36.4 Å². The Morgan fingerprint density at radius 3 is 2.16 bits per heavy atom. The van der Waals surface area contributed by atoms with Crippen LogP contribution < -0.4 is 9.64 Å². The molecule has 1 aromatic heterocycles. The predicted molar refractivity (Wildman–Crippen MR) is 230 cm³/mol. The average molecular weight is 708 g/mol. The molecule has 10 rings (SSSR count). The number of nitrogens with zero attached hydrogens (tertiary/aromatic N) is 1. The van der Waals surface area contributed by atoms with Gasteiger partial charge in [0.15, 0.2) is 0 Å². The molecule has 0 N–H and O–H groups in total. The molecule has 0 saturated heterocycles. The Balaban J connectivity index is 0.938. The number of hydrogen-bond donors (Lipinski definition) is 0. The summed E-state index contributed by atoms with van der Waals surface area (Å²) in [6.45, 7) is 3.82. The molecule has 1 aliphatic heterocycles. The van der Waals surface area contributed by atoms with Crippen molar-refractivity contribution >= 4 is 49.7 Å². The van der Waals surface area contributed by atoms with Gasteiger partial charge in [-0.2, -0.15) is 0 Å². The SMILES string of the molecule is C=C/C=C\C=C/N(c1ccc(-c2cccc(-c3ccc4ccc5oc6ccccc6c5c4c3)c2)cc1)c1ccc(C2C=CC=C3c4ccccc4OC32)cc1. The van der Waals surface area contributed by atoms with Gasteiger partial charge in [0.2, 0.25) is 0 Å². The number of anilines is 2. The van der Waals surface area contributed by atoms with E-state index in [2.05, 4.69) is 169 Å². The number of ether oxygens (including phenoxy) is 1. The maximum atomic E-state index is 6.46. The minimum atomic E-state index is -0.0200. The van der Waals surface area contributed by atoms with Crippen molar-refractivity contribution in [3.05, 3.63) is 218 Å². The van der Waals surface area contributed by atoms with Crippen LogP contribution in [0.25, 0.3) is 60.5 Å². The highest BCUT2D eigenvalue weighted by Crippen LogP contribution is 2.46. The lowest BCUT2D eigenvalue weighted by atomic mass is 9.84. The molecule has 2 atom stereocenters. The predicted octanol–water partition coefficient (Wildman–Crippen LogP) is 14.0. The summed E-state index contributed by atoms with van der Waals surface area (Å²) < 4.78 is 12.7. The van der Waals surface area contributed by atoms with Gasteiger partial charge in [0.1, 0.15) is 23.0 Å². The number of rotatable bonds is 8. The standard InChI is InChI=1S/C52H37NO2/c1-2-3-4-9-32-53(42-29-24-36(25-30-42)43-16-11-17-45-44-14-5-7-18-48(44)55-52(43)45)41-27-22-35(23-28-41)38-12-10-13-39(33-38)40-21-20-37-26-31-50-51(47(37)34-40)46-15-6-8-19-49(46)54-50/h2-34,43,52H,1H2/b4-3-,32-9-. The zero-order valence-corrected chi connectivity index (χ0v) is 30.2. The lowest BCUT2D eigenvalue weighted by molar-refractivity contribution is 0.258. The molecule has 0 radical (unpaired) electrons. The summed E-state index contributed by atoms with van der Waals surface area (Å²) in [4.78, 5) is 2.22. The zero-order chi connectivity index (χ0) is 36.7. The van der Waals surface area contributed by atoms with E-state index in [9.17, 15) is 0 Å². The molecular weight excluding hydrogens is 671 g/mol. The number of para-hydroxylation sites is 2. The highest BCUT2D eigenvalue weighted by Gasteiger charge is 2.35. The van der Waals surface area contributed by atoms with Crippen LogP contribution in [0.1, 0.15) is 17.0 Å². The molecule has 1 aliphatic carbocycles. The third-order valence-corrected chi connectivity index (χ3v) is 10.9. The topological polar surface area (TPSA) is 25.6 Å². The van der Waals surface area contributed by atoms with Gasteiger partial charge in [-0.25, -0.2) is 0 Å². The molecule has 0 fully saturated rings. The fourth-order valence-electron chi connectivity index (χ4n) is 8.15. The first-order valence-corrected chi connectivity index (χ1v) is 18.8. The van der Waals surface area contributed by atoms with E-state index < -0.39 is 0 Å². The molecule has 8 aromatic rings. The third-order valence-electron chi connectivity index (χ3n) is 10.9. The molecule has 0 spiro atoms. The lowest BCUT2D eigenvalue weighted by Crippen LogP contribution is -2.23. The first kappa shape index (κ1) is 32.5. The summed E-state index contributed by atoms with van der Waals surface area (Å²) in [7, 11) is 0. The fraction of sp³-hybridized carbons (Fsp3) is 0.0385. The quantitative estimate of drug-likeness (QED) is 0.147. The van der Waals surface area contributed by atoms with Crippen molar-refractivity contribution in [2.24, 2.45) is 0 Å². The number of allylic oxidation sites excluding steroid dienone is 6. The van der Waals surface area contributed by atoms with E-state index in [4.69, 9.17) is 9.15 Å². The molecular formula is C52H37NO2. The van der Waals surface area contributed by atoms with Crippen molar-refractivity contribution in [2.45, 2.75) is 12.0 Å². The van der Waals surface area contributed by atoms with E-state index in [0.29, 0.717) is 0 Å². The Hall–Kier alpha value is -7.10. The molecule has 7 aromatic carbocycles. The summed E-state index contributed by atoms with van der Waals surface area (Å²) in [5.74, 6) is 1.10. The second kappa shape index (κ2) is 13.7. The Morgan fingerprint density at radius 1 is 0.582 bits per heavy atom. The summed E-state index contributed by atoms with van der Waals surface area (Å²) in [6.07, 6.45) is 16.4. The first-order chi connectivity index (χ1) is 27.2. The van der Waals surface area contributed by atoms with Gasteiger partial charge in [0, 0.05) is 45.4 Å². The van der Waals surface area contributed by atoms with Gasteiger partial charge in [-0.3, -0.25) is 0 Å². The Bertz CT molecular complexity index is 2870. The number of hydrogen-bond acceptors (Lipinski definition) is 3. The van der Waals surface area contributed by atoms with Crippen molar-refractivity contribution in [1.82, 2.24) is 0 Å². The van der Waals surface area contributed by atoms with E-state index in [-0.39, 0.29) is 12.0 Å². The van der Waals surface area contributed by atoms with Crippen LogP contribution in [-0.2, 0) is 0 Å². The second-order valence-electron chi connectivity index (χ2n) is 14.1. The minimum absolute atomic E-state index is 0.0200. The molecule has 0 saturated carbocycles. The molecule has 0 amide bonds. The van der Waals surface area contributed by atoms with E-state index in [1.165, 1.54) is 49.5 Å². The Labute approximate surface area is 320 Å². The van der Waals surface area contributed by atoms with Crippen LogP contribution in [0.15, 0.2) is 211 Å². The van der Waals surface area contributed by atoms with Crippen molar-refractivity contribution in [3.63, 3.8) is 0 Å². The van der Waals surface area contributed by atoms with E-state index in [0.717, 1.165) is 39.2 Å². The van der Waals surface area contributed by atoms with Crippen LogP contribution in [0.5, 0.6) is 5.75 Å². The summed E-state index contributed by atoms with van der Waals surface area (Å²) in [5, 5.41) is 4.72. The van der Waals surface area contributed by atoms with Gasteiger partial charge in [0.25, 0.3) is 0 Å². The third kappa shape index (κ3) is 5.87. The van der Waals surface area contributed by atoms with Crippen molar-refractivity contribution < 1.29 is 9.15 Å². The highest BCUT2D eigenvalue weighted by atomic mass is 16.5.